The van der Waals surface area contributed by atoms with Gasteiger partial charge in [0, 0.05) is 48.5 Å². The monoisotopic (exact) mass is 431 g/mol. The van der Waals surface area contributed by atoms with Crippen LogP contribution in [0.3, 0.4) is 0 Å². The molecule has 1 aromatic rings. The molecule has 4 fully saturated rings. The third-order valence-electron chi connectivity index (χ3n) is 8.31. The molecular formula is C25H38ClN3O. The first-order valence-corrected chi connectivity index (χ1v) is 12.1. The highest BCUT2D eigenvalue weighted by Gasteiger charge is 2.44. The molecule has 30 heavy (non-hydrogen) atoms. The van der Waals surface area contributed by atoms with E-state index in [1.165, 1.54) is 50.8 Å². The normalized spacial score (nSPS) is 29.4. The standard InChI is InChI=1S/C25H37N3O.ClH/c1-20-7-5-16-27(20)23-12-18-26(19-23)21-8-10-22(11-9-21)28-17-6-15-25(24(28)29)13-3-2-4-14-25;/h8-11,20,23H,2-7,12-19H2,1H3;1H/t20-,23-;/m0./s1. The van der Waals surface area contributed by atoms with Gasteiger partial charge >= 0.3 is 0 Å². The number of likely N-dealkylation sites (tertiary alicyclic amines) is 1. The molecule has 3 saturated heterocycles. The number of anilines is 2. The Morgan fingerprint density at radius 2 is 1.53 bits per heavy atom. The van der Waals surface area contributed by atoms with Gasteiger partial charge < -0.3 is 9.80 Å². The summed E-state index contributed by atoms with van der Waals surface area (Å²) < 4.78 is 0. The molecule has 1 saturated carbocycles. The van der Waals surface area contributed by atoms with Crippen LogP contribution in [-0.4, -0.2) is 49.1 Å². The van der Waals surface area contributed by atoms with Crippen LogP contribution in [0.2, 0.25) is 0 Å². The first-order valence-electron chi connectivity index (χ1n) is 12.1. The first-order chi connectivity index (χ1) is 14.2. The topological polar surface area (TPSA) is 26.8 Å². The van der Waals surface area contributed by atoms with Crippen molar-refractivity contribution in [3.05, 3.63) is 24.3 Å². The Morgan fingerprint density at radius 3 is 2.23 bits per heavy atom. The Kier molecular flexibility index (Phi) is 6.64. The van der Waals surface area contributed by atoms with Crippen molar-refractivity contribution < 1.29 is 4.79 Å². The Hall–Kier alpha value is -1.26. The number of amides is 1. The lowest BCUT2D eigenvalue weighted by Crippen LogP contribution is -2.49. The van der Waals surface area contributed by atoms with Gasteiger partial charge in [-0.3, -0.25) is 9.69 Å². The maximum absolute atomic E-state index is 13.4. The molecule has 1 aliphatic carbocycles. The van der Waals surface area contributed by atoms with Crippen LogP contribution >= 0.6 is 12.4 Å². The molecule has 0 bridgehead atoms. The lowest BCUT2D eigenvalue weighted by atomic mass is 9.68. The van der Waals surface area contributed by atoms with Crippen molar-refractivity contribution in [2.45, 2.75) is 83.2 Å². The van der Waals surface area contributed by atoms with Crippen LogP contribution in [0.5, 0.6) is 0 Å². The molecule has 1 spiro atoms. The van der Waals surface area contributed by atoms with E-state index in [1.54, 1.807) is 0 Å². The zero-order chi connectivity index (χ0) is 19.8. The number of nitrogens with zero attached hydrogens (tertiary/aromatic N) is 3. The maximum atomic E-state index is 13.4. The van der Waals surface area contributed by atoms with Crippen molar-refractivity contribution in [2.24, 2.45) is 5.41 Å². The highest BCUT2D eigenvalue weighted by molar-refractivity contribution is 5.98. The van der Waals surface area contributed by atoms with E-state index in [4.69, 9.17) is 0 Å². The number of hydrogen-bond donors (Lipinski definition) is 0. The molecule has 0 radical (unpaired) electrons. The maximum Gasteiger partial charge on any atom is 0.233 e. The van der Waals surface area contributed by atoms with Crippen molar-refractivity contribution in [2.75, 3.05) is 36.0 Å². The van der Waals surface area contributed by atoms with Crippen LogP contribution in [0.15, 0.2) is 24.3 Å². The van der Waals surface area contributed by atoms with E-state index in [2.05, 4.69) is 45.9 Å². The Balaban J connectivity index is 0.00000218. The molecule has 3 aliphatic heterocycles. The Labute approximate surface area is 188 Å². The van der Waals surface area contributed by atoms with E-state index in [0.717, 1.165) is 57.0 Å². The van der Waals surface area contributed by atoms with E-state index in [9.17, 15) is 4.79 Å². The molecule has 166 valence electrons. The van der Waals surface area contributed by atoms with Gasteiger partial charge in [0.15, 0.2) is 0 Å². The van der Waals surface area contributed by atoms with E-state index in [-0.39, 0.29) is 17.8 Å². The van der Waals surface area contributed by atoms with Gasteiger partial charge in [-0.05, 0) is 82.7 Å². The SMILES string of the molecule is C[C@H]1CCCN1[C@H]1CCN(c2ccc(N3CCCC4(CCCCC4)C3=O)cc2)C1.Cl. The predicted molar refractivity (Wildman–Crippen MR) is 127 cm³/mol. The lowest BCUT2D eigenvalue weighted by Gasteiger charge is -2.44. The number of halogens is 1. The highest BCUT2D eigenvalue weighted by Crippen LogP contribution is 2.45. The van der Waals surface area contributed by atoms with Gasteiger partial charge in [0.2, 0.25) is 5.91 Å². The summed E-state index contributed by atoms with van der Waals surface area (Å²) in [6.07, 6.45) is 12.2. The van der Waals surface area contributed by atoms with Crippen LogP contribution in [0.25, 0.3) is 0 Å². The smallest absolute Gasteiger partial charge is 0.233 e. The molecule has 4 nitrogen and oxygen atoms in total. The van der Waals surface area contributed by atoms with Gasteiger partial charge in [0.1, 0.15) is 0 Å². The molecule has 5 rings (SSSR count). The third-order valence-corrected chi connectivity index (χ3v) is 8.31. The van der Waals surface area contributed by atoms with Crippen molar-refractivity contribution in [1.82, 2.24) is 4.90 Å². The van der Waals surface area contributed by atoms with Crippen LogP contribution in [0.4, 0.5) is 11.4 Å². The van der Waals surface area contributed by atoms with Crippen molar-refractivity contribution >= 4 is 29.7 Å². The largest absolute Gasteiger partial charge is 0.370 e. The molecule has 1 aromatic carbocycles. The molecule has 5 heteroatoms. The van der Waals surface area contributed by atoms with Gasteiger partial charge in [-0.2, -0.15) is 0 Å². The van der Waals surface area contributed by atoms with Gasteiger partial charge in [0.05, 0.1) is 0 Å². The van der Waals surface area contributed by atoms with E-state index in [1.807, 2.05) is 0 Å². The van der Waals surface area contributed by atoms with Gasteiger partial charge in [-0.15, -0.1) is 12.4 Å². The molecule has 4 aliphatic rings. The second-order valence-electron chi connectivity index (χ2n) is 10.0. The fraction of sp³-hybridized carbons (Fsp3) is 0.720. The number of carbonyl (C=O) groups is 1. The summed E-state index contributed by atoms with van der Waals surface area (Å²) in [5.41, 5.74) is 2.37. The molecule has 2 atom stereocenters. The van der Waals surface area contributed by atoms with Crippen molar-refractivity contribution in [1.29, 1.82) is 0 Å². The van der Waals surface area contributed by atoms with Crippen LogP contribution in [0.1, 0.15) is 71.1 Å². The minimum absolute atomic E-state index is 0. The summed E-state index contributed by atoms with van der Waals surface area (Å²) >= 11 is 0. The van der Waals surface area contributed by atoms with Crippen LogP contribution < -0.4 is 9.80 Å². The molecular weight excluding hydrogens is 394 g/mol. The minimum Gasteiger partial charge on any atom is -0.370 e. The average molecular weight is 432 g/mol. The number of hydrogen-bond acceptors (Lipinski definition) is 3. The number of piperidine rings is 1. The summed E-state index contributed by atoms with van der Waals surface area (Å²) in [6.45, 7) is 6.85. The molecule has 0 unspecified atom stereocenters. The quantitative estimate of drug-likeness (QED) is 0.654. The number of rotatable bonds is 3. The zero-order valence-electron chi connectivity index (χ0n) is 18.5. The summed E-state index contributed by atoms with van der Waals surface area (Å²) in [5, 5.41) is 0. The number of benzene rings is 1. The summed E-state index contributed by atoms with van der Waals surface area (Å²) in [7, 11) is 0. The van der Waals surface area contributed by atoms with E-state index < -0.39 is 0 Å². The fourth-order valence-electron chi connectivity index (χ4n) is 6.60. The van der Waals surface area contributed by atoms with Gasteiger partial charge in [-0.25, -0.2) is 0 Å². The Morgan fingerprint density at radius 1 is 0.833 bits per heavy atom. The van der Waals surface area contributed by atoms with Crippen LogP contribution in [-0.2, 0) is 4.79 Å². The van der Waals surface area contributed by atoms with Crippen LogP contribution in [0, 0.1) is 5.41 Å². The second-order valence-corrected chi connectivity index (χ2v) is 10.0. The number of carbonyl (C=O) groups excluding carboxylic acids is 1. The minimum atomic E-state index is -0.0518. The van der Waals surface area contributed by atoms with Gasteiger partial charge in [-0.1, -0.05) is 19.3 Å². The Bertz CT molecular complexity index is 725. The van der Waals surface area contributed by atoms with E-state index >= 15 is 0 Å². The molecule has 1 amide bonds. The van der Waals surface area contributed by atoms with Gasteiger partial charge in [0.25, 0.3) is 0 Å². The summed E-state index contributed by atoms with van der Waals surface area (Å²) in [5.74, 6) is 0.403. The predicted octanol–water partition coefficient (Wildman–Crippen LogP) is 5.25. The first kappa shape index (κ1) is 22.0. The fourth-order valence-corrected chi connectivity index (χ4v) is 6.60. The lowest BCUT2D eigenvalue weighted by molar-refractivity contribution is -0.132. The third kappa shape index (κ3) is 3.98. The zero-order valence-corrected chi connectivity index (χ0v) is 19.3. The molecule has 0 N–H and O–H groups in total. The summed E-state index contributed by atoms with van der Waals surface area (Å²) in [4.78, 5) is 20.7. The summed E-state index contributed by atoms with van der Waals surface area (Å²) in [6, 6.07) is 10.4. The highest BCUT2D eigenvalue weighted by atomic mass is 35.5. The molecule has 0 aromatic heterocycles. The van der Waals surface area contributed by atoms with Crippen molar-refractivity contribution in [3.8, 4) is 0 Å². The average Bonchev–Trinajstić information content (AvgIpc) is 3.40. The van der Waals surface area contributed by atoms with E-state index in [0.29, 0.717) is 11.9 Å². The van der Waals surface area contributed by atoms with Crippen molar-refractivity contribution in [3.63, 3.8) is 0 Å². The second kappa shape index (κ2) is 9.08. The molecule has 3 heterocycles.